The molecule has 0 spiro atoms. The number of esters is 1. The van der Waals surface area contributed by atoms with Gasteiger partial charge in [-0.25, -0.2) is 4.79 Å². The molecule has 0 radical (unpaired) electrons. The normalized spacial score (nSPS) is 19.6. The van der Waals surface area contributed by atoms with Gasteiger partial charge in [0.25, 0.3) is 5.91 Å². The number of nitrogens with one attached hydrogen (secondary N) is 1. The molecule has 164 valence electrons. The molecule has 0 aromatic heterocycles. The molecule has 1 heterocycles. The molecule has 1 N–H and O–H groups in total. The molecule has 3 amide bonds. The zero-order valence-electron chi connectivity index (χ0n) is 18.0. The van der Waals surface area contributed by atoms with E-state index >= 15 is 0 Å². The Labute approximate surface area is 186 Å². The summed E-state index contributed by atoms with van der Waals surface area (Å²) in [5.74, 6) is -2.14. The fraction of sp³-hybridized carbons (Fsp3) is 0.280. The molecule has 2 aromatic rings. The second kappa shape index (κ2) is 8.78. The van der Waals surface area contributed by atoms with Crippen molar-refractivity contribution in [2.75, 3.05) is 16.8 Å². The lowest BCUT2D eigenvalue weighted by Gasteiger charge is -2.15. The summed E-state index contributed by atoms with van der Waals surface area (Å²) in [6, 6.07) is 11.7. The van der Waals surface area contributed by atoms with E-state index in [0.29, 0.717) is 24.2 Å². The molecular weight excluding hydrogens is 408 g/mol. The van der Waals surface area contributed by atoms with E-state index < -0.39 is 18.5 Å². The van der Waals surface area contributed by atoms with Crippen molar-refractivity contribution in [3.8, 4) is 0 Å². The minimum absolute atomic E-state index is 0.206. The lowest BCUT2D eigenvalue weighted by molar-refractivity contribution is -0.122. The third kappa shape index (κ3) is 4.19. The van der Waals surface area contributed by atoms with Gasteiger partial charge in [-0.15, -0.1) is 0 Å². The van der Waals surface area contributed by atoms with Crippen LogP contribution < -0.4 is 10.2 Å². The van der Waals surface area contributed by atoms with Gasteiger partial charge in [0.2, 0.25) is 11.8 Å². The number of fused-ring (bicyclic) bond motifs is 1. The second-order valence-electron chi connectivity index (χ2n) is 8.16. The largest absolute Gasteiger partial charge is 0.452 e. The lowest BCUT2D eigenvalue weighted by Crippen LogP contribution is -2.30. The Morgan fingerprint density at radius 1 is 0.969 bits per heavy atom. The molecule has 1 aliphatic carbocycles. The van der Waals surface area contributed by atoms with Crippen molar-refractivity contribution < 1.29 is 23.9 Å². The number of ether oxygens (including phenoxy) is 1. The molecule has 1 fully saturated rings. The zero-order chi connectivity index (χ0) is 22.8. The highest BCUT2D eigenvalue weighted by atomic mass is 16.5. The van der Waals surface area contributed by atoms with Gasteiger partial charge in [0.05, 0.1) is 23.1 Å². The summed E-state index contributed by atoms with van der Waals surface area (Å²) in [5.41, 5.74) is 3.33. The van der Waals surface area contributed by atoms with Gasteiger partial charge in [-0.3, -0.25) is 19.3 Å². The van der Waals surface area contributed by atoms with Crippen LogP contribution in [0.3, 0.4) is 0 Å². The predicted molar refractivity (Wildman–Crippen MR) is 119 cm³/mol. The van der Waals surface area contributed by atoms with Crippen molar-refractivity contribution in [1.82, 2.24) is 0 Å². The number of imide groups is 1. The van der Waals surface area contributed by atoms with Crippen molar-refractivity contribution >= 4 is 35.1 Å². The number of carbonyl (C=O) groups excluding carboxylic acids is 4. The predicted octanol–water partition coefficient (Wildman–Crippen LogP) is 3.55. The smallest absolute Gasteiger partial charge is 0.338 e. The van der Waals surface area contributed by atoms with E-state index in [-0.39, 0.29) is 29.2 Å². The lowest BCUT2D eigenvalue weighted by atomic mass is 9.85. The number of carbonyl (C=O) groups is 4. The quantitative estimate of drug-likeness (QED) is 0.443. The molecule has 7 heteroatoms. The van der Waals surface area contributed by atoms with Crippen molar-refractivity contribution in [2.24, 2.45) is 11.8 Å². The van der Waals surface area contributed by atoms with Gasteiger partial charge in [0, 0.05) is 5.69 Å². The number of nitrogens with zero attached hydrogens (tertiary/aromatic N) is 1. The Morgan fingerprint density at radius 2 is 1.59 bits per heavy atom. The van der Waals surface area contributed by atoms with Gasteiger partial charge in [-0.1, -0.05) is 29.8 Å². The third-order valence-electron chi connectivity index (χ3n) is 5.86. The van der Waals surface area contributed by atoms with E-state index in [1.165, 1.54) is 17.0 Å². The van der Waals surface area contributed by atoms with Gasteiger partial charge in [-0.05, 0) is 62.6 Å². The Bertz CT molecular complexity index is 1090. The molecule has 7 nitrogen and oxygen atoms in total. The maximum absolute atomic E-state index is 12.7. The first kappa shape index (κ1) is 21.5. The van der Waals surface area contributed by atoms with E-state index in [2.05, 4.69) is 5.32 Å². The highest BCUT2D eigenvalue weighted by Gasteiger charge is 2.47. The number of hydrogen-bond donors (Lipinski definition) is 1. The van der Waals surface area contributed by atoms with E-state index in [4.69, 9.17) is 4.74 Å². The average molecular weight is 432 g/mol. The first-order valence-electron chi connectivity index (χ1n) is 10.5. The van der Waals surface area contributed by atoms with Gasteiger partial charge in [0.1, 0.15) is 0 Å². The summed E-state index contributed by atoms with van der Waals surface area (Å²) in [6.07, 6.45) is 5.01. The molecule has 0 bridgehead atoms. The highest BCUT2D eigenvalue weighted by molar-refractivity contribution is 6.22. The molecule has 4 rings (SSSR count). The van der Waals surface area contributed by atoms with Crippen molar-refractivity contribution in [3.05, 3.63) is 71.3 Å². The highest BCUT2D eigenvalue weighted by Crippen LogP contribution is 2.37. The first-order valence-corrected chi connectivity index (χ1v) is 10.5. The van der Waals surface area contributed by atoms with Gasteiger partial charge in [-0.2, -0.15) is 0 Å². The fourth-order valence-corrected chi connectivity index (χ4v) is 4.16. The summed E-state index contributed by atoms with van der Waals surface area (Å²) < 4.78 is 5.10. The number of allylic oxidation sites excluding steroid dienone is 2. The Morgan fingerprint density at radius 3 is 2.19 bits per heavy atom. The zero-order valence-corrected chi connectivity index (χ0v) is 18.0. The standard InChI is InChI=1S/C25H24N2O5/c1-15-7-12-21(16(2)13-15)26-22(28)14-32-25(31)17-8-10-18(11-9-17)27-23(29)19-5-3-4-6-20(19)24(27)30/h3-4,7-13,19-20H,5-6,14H2,1-2H3,(H,26,28)/t19-,20-/m1/s1. The van der Waals surface area contributed by atoms with Crippen LogP contribution in [0.1, 0.15) is 34.3 Å². The van der Waals surface area contributed by atoms with Crippen molar-refractivity contribution in [2.45, 2.75) is 26.7 Å². The molecule has 0 saturated carbocycles. The van der Waals surface area contributed by atoms with Crippen molar-refractivity contribution in [3.63, 3.8) is 0 Å². The number of anilines is 2. The summed E-state index contributed by atoms with van der Waals surface area (Å²) in [7, 11) is 0. The number of hydrogen-bond acceptors (Lipinski definition) is 5. The van der Waals surface area contributed by atoms with Crippen LogP contribution in [-0.4, -0.2) is 30.3 Å². The Hall–Kier alpha value is -3.74. The van der Waals surface area contributed by atoms with Crippen LogP contribution >= 0.6 is 0 Å². The molecule has 2 aliphatic rings. The Kier molecular flexibility index (Phi) is 5.90. The second-order valence-corrected chi connectivity index (χ2v) is 8.16. The Balaban J connectivity index is 1.36. The van der Waals surface area contributed by atoms with Crippen LogP contribution in [0, 0.1) is 25.7 Å². The first-order chi connectivity index (χ1) is 15.3. The molecule has 2 atom stereocenters. The van der Waals surface area contributed by atoms with Gasteiger partial charge < -0.3 is 10.1 Å². The third-order valence-corrected chi connectivity index (χ3v) is 5.86. The van der Waals surface area contributed by atoms with Crippen LogP contribution in [0.2, 0.25) is 0 Å². The SMILES string of the molecule is Cc1ccc(NC(=O)COC(=O)c2ccc(N3C(=O)[C@@H]4CC=CC[C@H]4C3=O)cc2)c(C)c1. The molecule has 2 aromatic carbocycles. The molecule has 32 heavy (non-hydrogen) atoms. The van der Waals surface area contributed by atoms with Crippen molar-refractivity contribution in [1.29, 1.82) is 0 Å². The molecule has 1 aliphatic heterocycles. The summed E-state index contributed by atoms with van der Waals surface area (Å²) in [4.78, 5) is 51.0. The number of aryl methyl sites for hydroxylation is 2. The summed E-state index contributed by atoms with van der Waals surface area (Å²) in [5, 5.41) is 2.72. The van der Waals surface area contributed by atoms with Crippen LogP contribution in [0.4, 0.5) is 11.4 Å². The molecule has 0 unspecified atom stereocenters. The van der Waals surface area contributed by atoms with Gasteiger partial charge in [0.15, 0.2) is 6.61 Å². The number of amides is 3. The van der Waals surface area contributed by atoms with Gasteiger partial charge >= 0.3 is 5.97 Å². The fourth-order valence-electron chi connectivity index (χ4n) is 4.16. The van der Waals surface area contributed by atoms with Crippen LogP contribution in [0.5, 0.6) is 0 Å². The summed E-state index contributed by atoms with van der Waals surface area (Å²) >= 11 is 0. The monoisotopic (exact) mass is 432 g/mol. The topological polar surface area (TPSA) is 92.8 Å². The average Bonchev–Trinajstić information content (AvgIpc) is 3.04. The van der Waals surface area contributed by atoms with Crippen LogP contribution in [0.15, 0.2) is 54.6 Å². The van der Waals surface area contributed by atoms with Crippen LogP contribution in [-0.2, 0) is 19.1 Å². The maximum atomic E-state index is 12.7. The number of rotatable bonds is 5. The molecular formula is C25H24N2O5. The van der Waals surface area contributed by atoms with E-state index in [1.54, 1.807) is 18.2 Å². The minimum atomic E-state index is -0.663. The maximum Gasteiger partial charge on any atom is 0.338 e. The van der Waals surface area contributed by atoms with E-state index in [1.807, 2.05) is 38.1 Å². The number of benzene rings is 2. The summed E-state index contributed by atoms with van der Waals surface area (Å²) in [6.45, 7) is 3.43. The minimum Gasteiger partial charge on any atom is -0.452 e. The van der Waals surface area contributed by atoms with E-state index in [9.17, 15) is 19.2 Å². The molecule has 1 saturated heterocycles. The van der Waals surface area contributed by atoms with E-state index in [0.717, 1.165) is 11.1 Å². The van der Waals surface area contributed by atoms with Crippen LogP contribution in [0.25, 0.3) is 0 Å².